The second-order valence-electron chi connectivity index (χ2n) is 10.5. The standard InChI is InChI=1S/C30H38N6O3/c1-5-29(2,3)35-27(37)19-39-24-8-6-7-22(15-24)30(4)34-26-13-14-38-18-25(26)28(36-30)33-23-11-9-20(10-12-23)21(16-31)17-32/h6-12,15-17,31,34H,5,13-14,18-19,32H2,1-4H3,(H,33,36)(H,35,37)/b21-17+,31-16?. The molecule has 1 unspecified atom stereocenters. The zero-order valence-corrected chi connectivity index (χ0v) is 23.1. The van der Waals surface area contributed by atoms with Gasteiger partial charge in [0.15, 0.2) is 12.3 Å². The van der Waals surface area contributed by atoms with Gasteiger partial charge in [-0.3, -0.25) is 4.79 Å². The van der Waals surface area contributed by atoms with Gasteiger partial charge < -0.3 is 36.6 Å². The van der Waals surface area contributed by atoms with Gasteiger partial charge in [-0.05, 0) is 57.0 Å². The van der Waals surface area contributed by atoms with E-state index < -0.39 is 5.66 Å². The summed E-state index contributed by atoms with van der Waals surface area (Å²) in [4.78, 5) is 17.5. The maximum atomic E-state index is 12.4. The van der Waals surface area contributed by atoms with Crippen molar-refractivity contribution in [1.29, 1.82) is 5.41 Å². The minimum Gasteiger partial charge on any atom is -0.484 e. The van der Waals surface area contributed by atoms with E-state index in [1.807, 2.05) is 76.2 Å². The summed E-state index contributed by atoms with van der Waals surface area (Å²) in [7, 11) is 0. The molecule has 2 aliphatic heterocycles. The third kappa shape index (κ3) is 6.67. The Morgan fingerprint density at radius 3 is 2.74 bits per heavy atom. The van der Waals surface area contributed by atoms with Gasteiger partial charge in [-0.2, -0.15) is 0 Å². The van der Waals surface area contributed by atoms with E-state index in [0.29, 0.717) is 24.5 Å². The molecule has 0 saturated carbocycles. The summed E-state index contributed by atoms with van der Waals surface area (Å²) in [5, 5.41) is 17.6. The van der Waals surface area contributed by atoms with Gasteiger partial charge in [0.05, 0.1) is 13.2 Å². The summed E-state index contributed by atoms with van der Waals surface area (Å²) in [6.45, 7) is 9.07. The first kappa shape index (κ1) is 27.9. The summed E-state index contributed by atoms with van der Waals surface area (Å²) in [5.74, 6) is 1.17. The van der Waals surface area contributed by atoms with Crippen LogP contribution >= 0.6 is 0 Å². The molecule has 6 N–H and O–H groups in total. The number of hydrogen-bond donors (Lipinski definition) is 5. The molecule has 2 aromatic carbocycles. The molecular weight excluding hydrogens is 492 g/mol. The van der Waals surface area contributed by atoms with Crippen molar-refractivity contribution in [3.05, 3.63) is 77.1 Å². The van der Waals surface area contributed by atoms with Gasteiger partial charge in [-0.1, -0.05) is 31.2 Å². The molecule has 9 nitrogen and oxygen atoms in total. The molecule has 9 heteroatoms. The smallest absolute Gasteiger partial charge is 0.258 e. The first-order chi connectivity index (χ1) is 18.7. The van der Waals surface area contributed by atoms with E-state index in [4.69, 9.17) is 25.6 Å². The number of amidine groups is 1. The number of nitrogens with zero attached hydrogens (tertiary/aromatic N) is 1. The molecule has 0 spiro atoms. The van der Waals surface area contributed by atoms with E-state index in [9.17, 15) is 4.79 Å². The van der Waals surface area contributed by atoms with E-state index in [2.05, 4.69) is 16.0 Å². The minimum absolute atomic E-state index is 0.0607. The highest BCUT2D eigenvalue weighted by Gasteiger charge is 2.35. The Labute approximate surface area is 230 Å². The maximum Gasteiger partial charge on any atom is 0.258 e. The Morgan fingerprint density at radius 1 is 1.28 bits per heavy atom. The number of carbonyl (C=O) groups is 1. The quantitative estimate of drug-likeness (QED) is 0.307. The van der Waals surface area contributed by atoms with Crippen LogP contribution in [0.25, 0.3) is 5.57 Å². The van der Waals surface area contributed by atoms with Crippen LogP contribution in [-0.4, -0.2) is 43.3 Å². The molecule has 4 rings (SSSR count). The highest BCUT2D eigenvalue weighted by atomic mass is 16.5. The van der Waals surface area contributed by atoms with Crippen molar-refractivity contribution in [3.63, 3.8) is 0 Å². The molecule has 1 atom stereocenters. The Hall–Kier alpha value is -4.11. The van der Waals surface area contributed by atoms with Gasteiger partial charge in [0.1, 0.15) is 11.6 Å². The van der Waals surface area contributed by atoms with Gasteiger partial charge in [-0.25, -0.2) is 4.99 Å². The highest BCUT2D eigenvalue weighted by Crippen LogP contribution is 2.34. The number of anilines is 1. The maximum absolute atomic E-state index is 12.4. The number of aliphatic imine (C=N–C) groups is 1. The van der Waals surface area contributed by atoms with Crippen LogP contribution in [0, 0.1) is 5.41 Å². The number of ether oxygens (including phenoxy) is 2. The van der Waals surface area contributed by atoms with Crippen LogP contribution in [0.1, 0.15) is 51.7 Å². The molecule has 0 radical (unpaired) electrons. The van der Waals surface area contributed by atoms with Crippen LogP contribution in [0.5, 0.6) is 5.75 Å². The van der Waals surface area contributed by atoms with E-state index >= 15 is 0 Å². The number of hydrogen-bond acceptors (Lipinski definition) is 8. The van der Waals surface area contributed by atoms with Crippen molar-refractivity contribution in [2.75, 3.05) is 25.1 Å². The van der Waals surface area contributed by atoms with Crippen molar-refractivity contribution < 1.29 is 14.3 Å². The topological polar surface area (TPSA) is 134 Å². The zero-order valence-electron chi connectivity index (χ0n) is 23.1. The summed E-state index contributed by atoms with van der Waals surface area (Å²) in [5.41, 5.74) is 9.94. The predicted octanol–water partition coefficient (Wildman–Crippen LogP) is 4.28. The fourth-order valence-corrected chi connectivity index (χ4v) is 4.44. The second-order valence-corrected chi connectivity index (χ2v) is 10.5. The molecular formula is C30H38N6O3. The number of benzene rings is 2. The average Bonchev–Trinajstić information content (AvgIpc) is 2.93. The average molecular weight is 531 g/mol. The minimum atomic E-state index is -0.764. The third-order valence-electron chi connectivity index (χ3n) is 7.07. The summed E-state index contributed by atoms with van der Waals surface area (Å²) in [6.07, 6.45) is 4.23. The number of allylic oxidation sites excluding steroid dienone is 1. The van der Waals surface area contributed by atoms with Crippen molar-refractivity contribution in [3.8, 4) is 5.75 Å². The van der Waals surface area contributed by atoms with Crippen molar-refractivity contribution in [2.45, 2.75) is 51.7 Å². The van der Waals surface area contributed by atoms with E-state index in [-0.39, 0.29) is 18.1 Å². The normalized spacial score (nSPS) is 19.4. The molecule has 2 heterocycles. The van der Waals surface area contributed by atoms with E-state index in [1.54, 1.807) is 0 Å². The summed E-state index contributed by atoms with van der Waals surface area (Å²) < 4.78 is 11.6. The lowest BCUT2D eigenvalue weighted by Gasteiger charge is -2.38. The Kier molecular flexibility index (Phi) is 8.40. The predicted molar refractivity (Wildman–Crippen MR) is 156 cm³/mol. The van der Waals surface area contributed by atoms with Crippen LogP contribution in [0.15, 0.2) is 71.0 Å². The first-order valence-corrected chi connectivity index (χ1v) is 13.2. The Bertz CT molecular complexity index is 1310. The summed E-state index contributed by atoms with van der Waals surface area (Å²) in [6, 6.07) is 15.4. The van der Waals surface area contributed by atoms with Crippen molar-refractivity contribution in [1.82, 2.24) is 10.6 Å². The van der Waals surface area contributed by atoms with Crippen LogP contribution in [0.4, 0.5) is 5.69 Å². The lowest BCUT2D eigenvalue weighted by Crippen LogP contribution is -2.46. The van der Waals surface area contributed by atoms with Gasteiger partial charge in [0, 0.05) is 52.5 Å². The largest absolute Gasteiger partial charge is 0.484 e. The molecule has 206 valence electrons. The van der Waals surface area contributed by atoms with Crippen LogP contribution in [0.2, 0.25) is 0 Å². The van der Waals surface area contributed by atoms with Crippen LogP contribution < -0.4 is 26.4 Å². The fraction of sp³-hybridized carbons (Fsp3) is 0.367. The third-order valence-corrected chi connectivity index (χ3v) is 7.07. The van der Waals surface area contributed by atoms with Crippen LogP contribution in [-0.2, 0) is 15.2 Å². The lowest BCUT2D eigenvalue weighted by molar-refractivity contribution is -0.124. The molecule has 2 aromatic rings. The molecule has 0 bridgehead atoms. The van der Waals surface area contributed by atoms with Gasteiger partial charge >= 0.3 is 0 Å². The fourth-order valence-electron chi connectivity index (χ4n) is 4.44. The number of amides is 1. The first-order valence-electron chi connectivity index (χ1n) is 13.2. The number of carbonyl (C=O) groups excluding carboxylic acids is 1. The SMILES string of the molecule is CCC(C)(C)NC(=O)COc1cccc(C2(C)N=C(Nc3ccc(/C(C=N)=C/N)cc3)C3=C(CCOC3)N2)c1. The van der Waals surface area contributed by atoms with E-state index in [1.165, 1.54) is 12.4 Å². The van der Waals surface area contributed by atoms with Crippen molar-refractivity contribution in [2.24, 2.45) is 10.7 Å². The Balaban J connectivity index is 1.57. The van der Waals surface area contributed by atoms with Gasteiger partial charge in [-0.15, -0.1) is 0 Å². The Morgan fingerprint density at radius 2 is 2.05 bits per heavy atom. The highest BCUT2D eigenvalue weighted by molar-refractivity contribution is 6.10. The second kappa shape index (κ2) is 11.7. The zero-order chi connectivity index (χ0) is 28.0. The monoisotopic (exact) mass is 530 g/mol. The molecule has 1 amide bonds. The molecule has 2 aliphatic rings. The molecule has 39 heavy (non-hydrogen) atoms. The van der Waals surface area contributed by atoms with Gasteiger partial charge in [0.25, 0.3) is 5.91 Å². The van der Waals surface area contributed by atoms with Gasteiger partial charge in [0.2, 0.25) is 0 Å². The molecule has 0 aromatic heterocycles. The molecule has 0 fully saturated rings. The lowest BCUT2D eigenvalue weighted by atomic mass is 9.96. The molecule has 0 aliphatic carbocycles. The number of nitrogens with two attached hydrogens (primary N) is 1. The van der Waals surface area contributed by atoms with Crippen molar-refractivity contribution >= 4 is 29.2 Å². The molecule has 0 saturated heterocycles. The number of rotatable bonds is 9. The van der Waals surface area contributed by atoms with E-state index in [0.717, 1.165) is 46.8 Å². The summed E-state index contributed by atoms with van der Waals surface area (Å²) >= 11 is 0. The van der Waals surface area contributed by atoms with Crippen LogP contribution in [0.3, 0.4) is 0 Å². The number of nitrogens with one attached hydrogen (secondary N) is 4.